The monoisotopic (exact) mass is 354 g/mol. The highest BCUT2D eigenvalue weighted by Crippen LogP contribution is 2.21. The van der Waals surface area contributed by atoms with Crippen LogP contribution in [0.15, 0.2) is 73.2 Å². The van der Waals surface area contributed by atoms with E-state index in [2.05, 4.69) is 60.9 Å². The van der Waals surface area contributed by atoms with Crippen LogP contribution in [0.25, 0.3) is 21.8 Å². The second-order valence-electron chi connectivity index (χ2n) is 6.42. The predicted molar refractivity (Wildman–Crippen MR) is 109 cm³/mol. The Labute approximate surface area is 155 Å². The van der Waals surface area contributed by atoms with Gasteiger partial charge in [-0.2, -0.15) is 4.98 Å². The normalized spacial score (nSPS) is 11.1. The molecule has 0 radical (unpaired) electrons. The molecule has 0 aliphatic rings. The molecular weight excluding hydrogens is 336 g/mol. The molecule has 0 spiro atoms. The highest BCUT2D eigenvalue weighted by molar-refractivity contribution is 5.83. The quantitative estimate of drug-likeness (QED) is 0.366. The number of nitrogens with zero attached hydrogens (tertiary/aromatic N) is 2. The molecule has 6 nitrogen and oxygen atoms in total. The van der Waals surface area contributed by atoms with E-state index in [4.69, 9.17) is 0 Å². The van der Waals surface area contributed by atoms with Crippen LogP contribution in [0.3, 0.4) is 0 Å². The standard InChI is InChI=1S/C21H18N6/c1-4-18-16(6-9-22-18)11-14(1)13-25-20-7-10-24-21(27-20)26-17-3-2-15-5-8-23-19(15)12-17/h1-12,22-23H,13H2,(H2,24,25,26,27). The number of hydrogen-bond acceptors (Lipinski definition) is 4. The number of aromatic nitrogens is 4. The minimum atomic E-state index is 0.562. The van der Waals surface area contributed by atoms with Crippen molar-refractivity contribution in [2.75, 3.05) is 10.6 Å². The fourth-order valence-electron chi connectivity index (χ4n) is 3.18. The van der Waals surface area contributed by atoms with E-state index in [1.54, 1.807) is 6.20 Å². The summed E-state index contributed by atoms with van der Waals surface area (Å²) in [5.41, 5.74) is 4.37. The maximum Gasteiger partial charge on any atom is 0.229 e. The van der Waals surface area contributed by atoms with E-state index in [9.17, 15) is 0 Å². The Kier molecular flexibility index (Phi) is 3.72. The van der Waals surface area contributed by atoms with Crippen molar-refractivity contribution in [3.05, 3.63) is 78.8 Å². The Morgan fingerprint density at radius 3 is 2.67 bits per heavy atom. The second-order valence-corrected chi connectivity index (χ2v) is 6.42. The minimum Gasteiger partial charge on any atom is -0.366 e. The van der Waals surface area contributed by atoms with E-state index in [0.717, 1.165) is 22.5 Å². The topological polar surface area (TPSA) is 81.4 Å². The third kappa shape index (κ3) is 3.20. The lowest BCUT2D eigenvalue weighted by Gasteiger charge is -2.09. The van der Waals surface area contributed by atoms with Gasteiger partial charge in [-0.05, 0) is 58.8 Å². The van der Waals surface area contributed by atoms with Crippen LogP contribution in [-0.4, -0.2) is 19.9 Å². The molecule has 3 aromatic heterocycles. The Morgan fingerprint density at radius 1 is 0.815 bits per heavy atom. The van der Waals surface area contributed by atoms with Gasteiger partial charge in [-0.15, -0.1) is 0 Å². The van der Waals surface area contributed by atoms with E-state index < -0.39 is 0 Å². The van der Waals surface area contributed by atoms with Crippen LogP contribution < -0.4 is 10.6 Å². The molecule has 0 amide bonds. The number of aromatic amines is 2. The zero-order valence-electron chi connectivity index (χ0n) is 14.5. The van der Waals surface area contributed by atoms with Gasteiger partial charge in [0.2, 0.25) is 5.95 Å². The van der Waals surface area contributed by atoms with Crippen LogP contribution in [0.2, 0.25) is 0 Å². The van der Waals surface area contributed by atoms with Gasteiger partial charge in [0.1, 0.15) is 5.82 Å². The van der Waals surface area contributed by atoms with Crippen molar-refractivity contribution in [2.45, 2.75) is 6.54 Å². The zero-order valence-corrected chi connectivity index (χ0v) is 14.5. The van der Waals surface area contributed by atoms with Crippen molar-refractivity contribution in [3.63, 3.8) is 0 Å². The number of fused-ring (bicyclic) bond motifs is 2. The number of H-pyrrole nitrogens is 2. The van der Waals surface area contributed by atoms with Crippen molar-refractivity contribution in [1.82, 2.24) is 19.9 Å². The van der Waals surface area contributed by atoms with E-state index in [0.29, 0.717) is 12.5 Å². The molecule has 0 saturated carbocycles. The van der Waals surface area contributed by atoms with Gasteiger partial charge in [0, 0.05) is 41.9 Å². The first-order chi connectivity index (χ1) is 13.3. The van der Waals surface area contributed by atoms with Crippen LogP contribution in [0, 0.1) is 0 Å². The molecule has 2 aromatic carbocycles. The summed E-state index contributed by atoms with van der Waals surface area (Å²) in [6.45, 7) is 0.700. The van der Waals surface area contributed by atoms with Gasteiger partial charge in [-0.25, -0.2) is 4.98 Å². The molecule has 132 valence electrons. The molecule has 0 saturated heterocycles. The lowest BCUT2D eigenvalue weighted by molar-refractivity contribution is 1.09. The van der Waals surface area contributed by atoms with Crippen molar-refractivity contribution in [1.29, 1.82) is 0 Å². The third-order valence-corrected chi connectivity index (χ3v) is 4.56. The van der Waals surface area contributed by atoms with E-state index in [-0.39, 0.29) is 0 Å². The molecule has 5 rings (SSSR count). The highest BCUT2D eigenvalue weighted by Gasteiger charge is 2.03. The molecule has 0 aliphatic heterocycles. The van der Waals surface area contributed by atoms with Gasteiger partial charge in [0.25, 0.3) is 0 Å². The summed E-state index contributed by atoms with van der Waals surface area (Å²) in [7, 11) is 0. The summed E-state index contributed by atoms with van der Waals surface area (Å²) < 4.78 is 0. The van der Waals surface area contributed by atoms with Gasteiger partial charge in [-0.3, -0.25) is 0 Å². The zero-order chi connectivity index (χ0) is 18.1. The van der Waals surface area contributed by atoms with Crippen LogP contribution in [0.4, 0.5) is 17.5 Å². The van der Waals surface area contributed by atoms with Gasteiger partial charge < -0.3 is 20.6 Å². The van der Waals surface area contributed by atoms with Crippen LogP contribution in [-0.2, 0) is 6.54 Å². The molecule has 4 N–H and O–H groups in total. The summed E-state index contributed by atoms with van der Waals surface area (Å²) in [5, 5.41) is 9.01. The van der Waals surface area contributed by atoms with E-state index >= 15 is 0 Å². The molecule has 0 unspecified atom stereocenters. The summed E-state index contributed by atoms with van der Waals surface area (Å²) in [4.78, 5) is 15.3. The lowest BCUT2D eigenvalue weighted by Crippen LogP contribution is -2.04. The predicted octanol–water partition coefficient (Wildman–Crippen LogP) is 4.79. The molecule has 0 fully saturated rings. The largest absolute Gasteiger partial charge is 0.366 e. The highest BCUT2D eigenvalue weighted by atomic mass is 15.1. The maximum absolute atomic E-state index is 4.55. The van der Waals surface area contributed by atoms with Crippen molar-refractivity contribution < 1.29 is 0 Å². The lowest BCUT2D eigenvalue weighted by atomic mass is 10.1. The van der Waals surface area contributed by atoms with Crippen LogP contribution >= 0.6 is 0 Å². The van der Waals surface area contributed by atoms with Crippen LogP contribution in [0.5, 0.6) is 0 Å². The number of hydrogen-bond donors (Lipinski definition) is 4. The average molecular weight is 354 g/mol. The van der Waals surface area contributed by atoms with Crippen molar-refractivity contribution >= 4 is 39.3 Å². The molecule has 0 aliphatic carbocycles. The molecule has 3 heterocycles. The summed E-state index contributed by atoms with van der Waals surface area (Å²) in [6.07, 6.45) is 5.63. The van der Waals surface area contributed by atoms with Gasteiger partial charge in [-0.1, -0.05) is 12.1 Å². The third-order valence-electron chi connectivity index (χ3n) is 4.56. The first-order valence-corrected chi connectivity index (χ1v) is 8.81. The fourth-order valence-corrected chi connectivity index (χ4v) is 3.18. The smallest absolute Gasteiger partial charge is 0.229 e. The Hall–Kier alpha value is -3.80. The Morgan fingerprint density at radius 2 is 1.70 bits per heavy atom. The van der Waals surface area contributed by atoms with Gasteiger partial charge >= 0.3 is 0 Å². The van der Waals surface area contributed by atoms with Gasteiger partial charge in [0.15, 0.2) is 0 Å². The number of rotatable bonds is 5. The maximum atomic E-state index is 4.55. The molecule has 27 heavy (non-hydrogen) atoms. The average Bonchev–Trinajstić information content (AvgIpc) is 3.35. The van der Waals surface area contributed by atoms with Crippen molar-refractivity contribution in [2.24, 2.45) is 0 Å². The number of nitrogens with one attached hydrogen (secondary N) is 4. The first-order valence-electron chi connectivity index (χ1n) is 8.81. The number of anilines is 3. The summed E-state index contributed by atoms with van der Waals surface area (Å²) in [5.74, 6) is 1.34. The van der Waals surface area contributed by atoms with Gasteiger partial charge in [0.05, 0.1) is 0 Å². The van der Waals surface area contributed by atoms with E-state index in [1.165, 1.54) is 16.3 Å². The fraction of sp³-hybridized carbons (Fsp3) is 0.0476. The van der Waals surface area contributed by atoms with Crippen LogP contribution in [0.1, 0.15) is 5.56 Å². The minimum absolute atomic E-state index is 0.562. The Balaban J connectivity index is 1.30. The molecular formula is C21H18N6. The molecule has 6 heteroatoms. The Bertz CT molecular complexity index is 1220. The molecule has 5 aromatic rings. The van der Waals surface area contributed by atoms with E-state index in [1.807, 2.05) is 36.7 Å². The molecule has 0 atom stereocenters. The SMILES string of the molecule is c1cc(NCc2ccc3[nH]ccc3c2)nc(Nc2ccc3cc[nH]c3c2)n1. The number of benzene rings is 2. The summed E-state index contributed by atoms with van der Waals surface area (Å²) >= 11 is 0. The first kappa shape index (κ1) is 15.5. The second kappa shape index (κ2) is 6.49. The summed E-state index contributed by atoms with van der Waals surface area (Å²) in [6, 6.07) is 18.5. The molecule has 0 bridgehead atoms. The van der Waals surface area contributed by atoms with Crippen molar-refractivity contribution in [3.8, 4) is 0 Å².